The molecule has 2 nitrogen and oxygen atoms in total. The first-order chi connectivity index (χ1) is 8.28. The molecule has 1 saturated carbocycles. The van der Waals surface area contributed by atoms with Crippen molar-refractivity contribution >= 4 is 0 Å². The summed E-state index contributed by atoms with van der Waals surface area (Å²) in [5, 5.41) is 3.41. The van der Waals surface area contributed by atoms with Gasteiger partial charge in [0.25, 0.3) is 0 Å². The Balaban J connectivity index is 1.62. The molecule has 0 aromatic rings. The number of rotatable bonds is 4. The van der Waals surface area contributed by atoms with Crippen molar-refractivity contribution in [2.75, 3.05) is 26.7 Å². The highest BCUT2D eigenvalue weighted by molar-refractivity contribution is 4.77. The van der Waals surface area contributed by atoms with Gasteiger partial charge in [-0.2, -0.15) is 0 Å². The topological polar surface area (TPSA) is 15.3 Å². The second-order valence-electron chi connectivity index (χ2n) is 6.33. The highest BCUT2D eigenvalue weighted by Gasteiger charge is 2.21. The van der Waals surface area contributed by atoms with Gasteiger partial charge in [0.15, 0.2) is 0 Å². The summed E-state index contributed by atoms with van der Waals surface area (Å²) >= 11 is 0. The molecule has 1 heterocycles. The smallest absolute Gasteiger partial charge is 0.00884 e. The Hall–Kier alpha value is -0.0800. The van der Waals surface area contributed by atoms with Crippen molar-refractivity contribution in [1.82, 2.24) is 10.2 Å². The predicted octanol–water partition coefficient (Wildman–Crippen LogP) is 2.89. The van der Waals surface area contributed by atoms with Crippen molar-refractivity contribution in [2.45, 2.75) is 57.9 Å². The molecule has 2 unspecified atom stereocenters. The Morgan fingerprint density at radius 3 is 2.53 bits per heavy atom. The summed E-state index contributed by atoms with van der Waals surface area (Å²) in [6, 6.07) is 0.779. The van der Waals surface area contributed by atoms with Crippen LogP contribution in [0.15, 0.2) is 0 Å². The number of nitrogens with one attached hydrogen (secondary N) is 1. The fourth-order valence-corrected chi connectivity index (χ4v) is 3.63. The molecule has 1 aliphatic heterocycles. The van der Waals surface area contributed by atoms with Crippen LogP contribution in [0.5, 0.6) is 0 Å². The van der Waals surface area contributed by atoms with Crippen molar-refractivity contribution in [2.24, 2.45) is 11.8 Å². The molecule has 0 spiro atoms. The molecule has 1 saturated heterocycles. The molecule has 100 valence electrons. The lowest BCUT2D eigenvalue weighted by atomic mass is 9.81. The molecular weight excluding hydrogens is 208 g/mol. The van der Waals surface area contributed by atoms with Crippen molar-refractivity contribution in [3.05, 3.63) is 0 Å². The summed E-state index contributed by atoms with van der Waals surface area (Å²) < 4.78 is 0. The highest BCUT2D eigenvalue weighted by Crippen LogP contribution is 2.30. The lowest BCUT2D eigenvalue weighted by molar-refractivity contribution is 0.173. The first-order valence-corrected chi connectivity index (χ1v) is 7.67. The molecule has 0 aromatic carbocycles. The molecule has 1 N–H and O–H groups in total. The van der Waals surface area contributed by atoms with Crippen LogP contribution in [0.1, 0.15) is 51.9 Å². The molecular formula is C15H30N2. The van der Waals surface area contributed by atoms with E-state index < -0.39 is 0 Å². The third-order valence-electron chi connectivity index (χ3n) is 4.89. The van der Waals surface area contributed by atoms with Crippen LogP contribution in [-0.4, -0.2) is 37.6 Å². The van der Waals surface area contributed by atoms with E-state index in [1.165, 1.54) is 64.6 Å². The van der Waals surface area contributed by atoms with Crippen LogP contribution in [-0.2, 0) is 0 Å². The number of likely N-dealkylation sites (tertiary alicyclic amines) is 1. The van der Waals surface area contributed by atoms with E-state index in [-0.39, 0.29) is 0 Å². The van der Waals surface area contributed by atoms with E-state index in [2.05, 4.69) is 24.2 Å². The second kappa shape index (κ2) is 6.75. The largest absolute Gasteiger partial charge is 0.317 e. The molecule has 1 aliphatic carbocycles. The molecule has 2 fully saturated rings. The van der Waals surface area contributed by atoms with Gasteiger partial charge in [-0.15, -0.1) is 0 Å². The second-order valence-corrected chi connectivity index (χ2v) is 6.33. The quantitative estimate of drug-likeness (QED) is 0.810. The molecule has 2 aliphatic rings. The minimum absolute atomic E-state index is 0.779. The van der Waals surface area contributed by atoms with E-state index >= 15 is 0 Å². The van der Waals surface area contributed by atoms with Crippen LogP contribution >= 0.6 is 0 Å². The Morgan fingerprint density at radius 1 is 1.12 bits per heavy atom. The zero-order valence-corrected chi connectivity index (χ0v) is 11.8. The average molecular weight is 238 g/mol. The van der Waals surface area contributed by atoms with Crippen molar-refractivity contribution in [3.8, 4) is 0 Å². The van der Waals surface area contributed by atoms with Gasteiger partial charge in [-0.1, -0.05) is 26.2 Å². The van der Waals surface area contributed by atoms with Gasteiger partial charge in [0.1, 0.15) is 0 Å². The zero-order chi connectivity index (χ0) is 12.1. The number of nitrogens with zero attached hydrogens (tertiary/aromatic N) is 1. The standard InChI is InChI=1S/C15H30N2/c1-13-4-3-5-14(12-13)6-9-17-10-7-15(16-2)8-11-17/h13-16H,3-12H2,1-2H3. The van der Waals surface area contributed by atoms with Crippen LogP contribution in [0.3, 0.4) is 0 Å². The average Bonchev–Trinajstić information content (AvgIpc) is 2.37. The molecule has 2 rings (SSSR count). The van der Waals surface area contributed by atoms with Crippen molar-refractivity contribution < 1.29 is 0 Å². The van der Waals surface area contributed by atoms with Crippen molar-refractivity contribution in [3.63, 3.8) is 0 Å². The minimum Gasteiger partial charge on any atom is -0.317 e. The molecule has 0 amide bonds. The number of hydrogen-bond donors (Lipinski definition) is 1. The summed E-state index contributed by atoms with van der Waals surface area (Å²) in [4.78, 5) is 2.69. The van der Waals surface area contributed by atoms with Crippen LogP contribution in [0, 0.1) is 11.8 Å². The number of piperidine rings is 1. The summed E-state index contributed by atoms with van der Waals surface area (Å²) in [6.07, 6.45) is 10.1. The van der Waals surface area contributed by atoms with Crippen LogP contribution in [0.4, 0.5) is 0 Å². The third-order valence-corrected chi connectivity index (χ3v) is 4.89. The molecule has 2 atom stereocenters. The fraction of sp³-hybridized carbons (Fsp3) is 1.00. The van der Waals surface area contributed by atoms with Crippen molar-refractivity contribution in [1.29, 1.82) is 0 Å². The summed E-state index contributed by atoms with van der Waals surface area (Å²) in [6.45, 7) is 6.42. The van der Waals surface area contributed by atoms with Gasteiger partial charge in [0, 0.05) is 6.04 Å². The summed E-state index contributed by atoms with van der Waals surface area (Å²) in [5.41, 5.74) is 0. The maximum absolute atomic E-state index is 3.41. The van der Waals surface area contributed by atoms with Gasteiger partial charge >= 0.3 is 0 Å². The first kappa shape index (κ1) is 13.4. The first-order valence-electron chi connectivity index (χ1n) is 7.67. The molecule has 2 heteroatoms. The van der Waals surface area contributed by atoms with Crippen LogP contribution in [0.25, 0.3) is 0 Å². The van der Waals surface area contributed by atoms with Gasteiger partial charge in [0.2, 0.25) is 0 Å². The lowest BCUT2D eigenvalue weighted by Crippen LogP contribution is -2.41. The van der Waals surface area contributed by atoms with Crippen LogP contribution < -0.4 is 5.32 Å². The number of hydrogen-bond acceptors (Lipinski definition) is 2. The monoisotopic (exact) mass is 238 g/mol. The Bertz CT molecular complexity index is 209. The summed E-state index contributed by atoms with van der Waals surface area (Å²) in [7, 11) is 2.10. The van der Waals surface area contributed by atoms with E-state index in [9.17, 15) is 0 Å². The van der Waals surface area contributed by atoms with E-state index in [1.54, 1.807) is 0 Å². The van der Waals surface area contributed by atoms with Gasteiger partial charge in [0.05, 0.1) is 0 Å². The van der Waals surface area contributed by atoms with E-state index in [4.69, 9.17) is 0 Å². The normalized spacial score (nSPS) is 32.8. The van der Waals surface area contributed by atoms with E-state index in [0.717, 1.165) is 17.9 Å². The lowest BCUT2D eigenvalue weighted by Gasteiger charge is -2.34. The fourth-order valence-electron chi connectivity index (χ4n) is 3.63. The third kappa shape index (κ3) is 4.26. The maximum Gasteiger partial charge on any atom is 0.00884 e. The Kier molecular flexibility index (Phi) is 5.30. The SMILES string of the molecule is CNC1CCN(CCC2CCCC(C)C2)CC1. The van der Waals surface area contributed by atoms with Crippen LogP contribution in [0.2, 0.25) is 0 Å². The minimum atomic E-state index is 0.779. The van der Waals surface area contributed by atoms with Gasteiger partial charge in [-0.3, -0.25) is 0 Å². The molecule has 0 radical (unpaired) electrons. The zero-order valence-electron chi connectivity index (χ0n) is 11.8. The highest BCUT2D eigenvalue weighted by atomic mass is 15.1. The van der Waals surface area contributed by atoms with Gasteiger partial charge < -0.3 is 10.2 Å². The Labute approximate surface area is 107 Å². The summed E-state index contributed by atoms with van der Waals surface area (Å²) in [5.74, 6) is 2.02. The maximum atomic E-state index is 3.41. The van der Waals surface area contributed by atoms with Gasteiger partial charge in [-0.05, 0) is 64.2 Å². The molecule has 0 aromatic heterocycles. The predicted molar refractivity (Wildman–Crippen MR) is 74.3 cm³/mol. The molecule has 0 bridgehead atoms. The van der Waals surface area contributed by atoms with E-state index in [0.29, 0.717) is 0 Å². The molecule has 17 heavy (non-hydrogen) atoms. The van der Waals surface area contributed by atoms with Gasteiger partial charge in [-0.25, -0.2) is 0 Å². The Morgan fingerprint density at radius 2 is 1.88 bits per heavy atom. The van der Waals surface area contributed by atoms with E-state index in [1.807, 2.05) is 0 Å².